The van der Waals surface area contributed by atoms with Gasteiger partial charge in [-0.2, -0.15) is 20.3 Å². The van der Waals surface area contributed by atoms with Crippen LogP contribution < -0.4 is 10.1 Å². The van der Waals surface area contributed by atoms with Crippen molar-refractivity contribution in [3.05, 3.63) is 52.7 Å². The third-order valence-electron chi connectivity index (χ3n) is 5.96. The van der Waals surface area contributed by atoms with Gasteiger partial charge in [0.05, 0.1) is 43.8 Å². The molecule has 5 rings (SSSR count). The van der Waals surface area contributed by atoms with Gasteiger partial charge < -0.3 is 14.8 Å². The van der Waals surface area contributed by atoms with E-state index < -0.39 is 11.9 Å². The number of pyridine rings is 1. The third kappa shape index (κ3) is 3.75. The molecule has 12 nitrogen and oxygen atoms in total. The lowest BCUT2D eigenvalue weighted by Gasteiger charge is -2.19. The number of ether oxygens (including phenoxy) is 2. The summed E-state index contributed by atoms with van der Waals surface area (Å²) >= 11 is 6.10. The molecule has 1 unspecified atom stereocenters. The summed E-state index contributed by atoms with van der Waals surface area (Å²) in [7, 11) is 2.64. The van der Waals surface area contributed by atoms with E-state index in [1.165, 1.54) is 37.5 Å². The molecule has 0 aliphatic heterocycles. The fraction of sp³-hybridized carbons (Fsp3) is 0.318. The predicted octanol–water partition coefficient (Wildman–Crippen LogP) is 2.56. The maximum Gasteiger partial charge on any atom is 0.340 e. The molecular formula is C22H21ClN8O4. The topological polar surface area (TPSA) is 138 Å². The largest absolute Gasteiger partial charge is 0.479 e. The second-order valence-corrected chi connectivity index (χ2v) is 9.04. The van der Waals surface area contributed by atoms with Gasteiger partial charge in [0.25, 0.3) is 0 Å². The van der Waals surface area contributed by atoms with Gasteiger partial charge in [0.1, 0.15) is 5.82 Å². The van der Waals surface area contributed by atoms with Crippen LogP contribution in [0.4, 0.5) is 5.82 Å². The number of aromatic nitrogens is 7. The Labute approximate surface area is 204 Å². The second kappa shape index (κ2) is 8.31. The van der Waals surface area contributed by atoms with Crippen LogP contribution in [0.15, 0.2) is 30.7 Å². The van der Waals surface area contributed by atoms with Crippen LogP contribution in [0, 0.1) is 0 Å². The highest BCUT2D eigenvalue weighted by Gasteiger charge is 2.43. The van der Waals surface area contributed by atoms with Crippen molar-refractivity contribution in [1.82, 2.24) is 34.6 Å². The molecule has 0 bridgehead atoms. The molecule has 0 saturated heterocycles. The first kappa shape index (κ1) is 22.7. The average Bonchev–Trinajstić information content (AvgIpc) is 3.54. The standard InChI is InChI=1S/C22H21ClN8O4/c1-22(2)9-12(13-10-24-16-8-14(23)29-30(16)18(13)22)19(32)27-15-7-11(21(33)35-4)17(20(28-15)34-3)31-25-5-6-26-31/h5-8,10,12H,9H2,1-4H3,(H,27,28,32). The number of nitrogens with one attached hydrogen (secondary N) is 1. The Balaban J connectivity index is 1.54. The van der Waals surface area contributed by atoms with Gasteiger partial charge in [-0.15, -0.1) is 4.80 Å². The number of anilines is 1. The maximum atomic E-state index is 13.4. The summed E-state index contributed by atoms with van der Waals surface area (Å²) in [5.41, 5.74) is 2.13. The average molecular weight is 497 g/mol. The summed E-state index contributed by atoms with van der Waals surface area (Å²) in [6, 6.07) is 3.08. The lowest BCUT2D eigenvalue weighted by molar-refractivity contribution is -0.117. The number of hydrogen-bond donors (Lipinski definition) is 1. The van der Waals surface area contributed by atoms with Gasteiger partial charge in [0.2, 0.25) is 11.8 Å². The molecule has 1 amide bonds. The monoisotopic (exact) mass is 496 g/mol. The maximum absolute atomic E-state index is 13.4. The summed E-state index contributed by atoms with van der Waals surface area (Å²) < 4.78 is 12.0. The van der Waals surface area contributed by atoms with Crippen molar-refractivity contribution in [3.63, 3.8) is 0 Å². The van der Waals surface area contributed by atoms with E-state index >= 15 is 0 Å². The van der Waals surface area contributed by atoms with E-state index in [2.05, 4.69) is 30.6 Å². The lowest BCUT2D eigenvalue weighted by atomic mass is 9.88. The van der Waals surface area contributed by atoms with Crippen LogP contribution in [0.3, 0.4) is 0 Å². The first-order valence-corrected chi connectivity index (χ1v) is 11.0. The normalized spacial score (nSPS) is 16.2. The quantitative estimate of drug-likeness (QED) is 0.413. The number of rotatable bonds is 5. The number of carbonyl (C=O) groups excluding carboxylic acids is 2. The van der Waals surface area contributed by atoms with E-state index in [-0.39, 0.29) is 34.3 Å². The van der Waals surface area contributed by atoms with Crippen molar-refractivity contribution in [2.75, 3.05) is 19.5 Å². The van der Waals surface area contributed by atoms with Crippen molar-refractivity contribution in [3.8, 4) is 11.6 Å². The van der Waals surface area contributed by atoms with Gasteiger partial charge in [-0.1, -0.05) is 25.4 Å². The van der Waals surface area contributed by atoms with Crippen LogP contribution in [0.1, 0.15) is 47.8 Å². The van der Waals surface area contributed by atoms with Gasteiger partial charge >= 0.3 is 5.97 Å². The molecule has 0 aromatic carbocycles. The summed E-state index contributed by atoms with van der Waals surface area (Å²) in [5, 5.41) is 15.6. The zero-order valence-corrected chi connectivity index (χ0v) is 20.1. The zero-order chi connectivity index (χ0) is 24.9. The number of halogens is 1. The summed E-state index contributed by atoms with van der Waals surface area (Å²) in [4.78, 5) is 36.0. The molecule has 180 valence electrons. The summed E-state index contributed by atoms with van der Waals surface area (Å²) in [5.74, 6) is -1.34. The Hall–Kier alpha value is -4.06. The highest BCUT2D eigenvalue weighted by atomic mass is 35.5. The second-order valence-electron chi connectivity index (χ2n) is 8.65. The Morgan fingerprint density at radius 3 is 2.63 bits per heavy atom. The minimum atomic E-state index is -0.664. The zero-order valence-electron chi connectivity index (χ0n) is 19.3. The van der Waals surface area contributed by atoms with Gasteiger partial charge in [0.15, 0.2) is 16.5 Å². The molecule has 1 aliphatic carbocycles. The molecule has 13 heteroatoms. The third-order valence-corrected chi connectivity index (χ3v) is 6.14. The van der Waals surface area contributed by atoms with Crippen molar-refractivity contribution in [2.45, 2.75) is 31.6 Å². The molecule has 4 aromatic heterocycles. The molecule has 35 heavy (non-hydrogen) atoms. The molecule has 4 aromatic rings. The summed E-state index contributed by atoms with van der Waals surface area (Å²) in [6.07, 6.45) is 5.10. The lowest BCUT2D eigenvalue weighted by Crippen LogP contribution is -2.23. The minimum Gasteiger partial charge on any atom is -0.479 e. The number of nitrogens with zero attached hydrogens (tertiary/aromatic N) is 7. The Morgan fingerprint density at radius 1 is 1.20 bits per heavy atom. The van der Waals surface area contributed by atoms with Crippen molar-refractivity contribution in [1.29, 1.82) is 0 Å². The number of esters is 1. The van der Waals surface area contributed by atoms with Gasteiger partial charge in [-0.3, -0.25) is 4.79 Å². The highest BCUT2D eigenvalue weighted by Crippen LogP contribution is 2.46. The molecule has 1 aliphatic rings. The highest BCUT2D eigenvalue weighted by molar-refractivity contribution is 6.29. The van der Waals surface area contributed by atoms with Gasteiger partial charge in [-0.25, -0.2) is 14.3 Å². The van der Waals surface area contributed by atoms with E-state index in [0.29, 0.717) is 17.2 Å². The Morgan fingerprint density at radius 2 is 1.94 bits per heavy atom. The van der Waals surface area contributed by atoms with Crippen LogP contribution in [-0.2, 0) is 14.9 Å². The van der Waals surface area contributed by atoms with E-state index in [0.717, 1.165) is 11.3 Å². The fourth-order valence-electron chi connectivity index (χ4n) is 4.53. The van der Waals surface area contributed by atoms with Crippen molar-refractivity contribution in [2.24, 2.45) is 0 Å². The van der Waals surface area contributed by atoms with Gasteiger partial charge in [-0.05, 0) is 12.5 Å². The van der Waals surface area contributed by atoms with E-state index in [1.807, 2.05) is 13.8 Å². The molecule has 4 heterocycles. The van der Waals surface area contributed by atoms with E-state index in [1.54, 1.807) is 16.8 Å². The number of carbonyl (C=O) groups is 2. The molecule has 1 N–H and O–H groups in total. The van der Waals surface area contributed by atoms with Crippen LogP contribution in [-0.4, -0.2) is 60.7 Å². The van der Waals surface area contributed by atoms with Crippen molar-refractivity contribution < 1.29 is 19.1 Å². The molecule has 1 atom stereocenters. The number of hydrogen-bond acceptors (Lipinski definition) is 9. The number of methoxy groups -OCH3 is 2. The minimum absolute atomic E-state index is 0.0427. The fourth-order valence-corrected chi connectivity index (χ4v) is 4.70. The van der Waals surface area contributed by atoms with Crippen LogP contribution in [0.5, 0.6) is 5.88 Å². The van der Waals surface area contributed by atoms with Gasteiger partial charge in [0, 0.05) is 23.2 Å². The number of amides is 1. The Bertz CT molecular complexity index is 1460. The van der Waals surface area contributed by atoms with Crippen LogP contribution in [0.2, 0.25) is 5.15 Å². The Kier molecular flexibility index (Phi) is 5.39. The molecule has 0 saturated carbocycles. The molecular weight excluding hydrogens is 476 g/mol. The first-order valence-electron chi connectivity index (χ1n) is 10.6. The summed E-state index contributed by atoms with van der Waals surface area (Å²) in [6.45, 7) is 4.08. The SMILES string of the molecule is COC(=O)c1cc(NC(=O)C2CC(C)(C)c3c2cnc2cc(Cl)nn32)nc(OC)c1-n1nccn1. The predicted molar refractivity (Wildman–Crippen MR) is 124 cm³/mol. The number of fused-ring (bicyclic) bond motifs is 3. The molecule has 0 spiro atoms. The van der Waals surface area contributed by atoms with E-state index in [9.17, 15) is 9.59 Å². The first-order chi connectivity index (χ1) is 16.7. The van der Waals surface area contributed by atoms with Crippen LogP contribution in [0.25, 0.3) is 11.3 Å². The smallest absolute Gasteiger partial charge is 0.340 e. The van der Waals surface area contributed by atoms with E-state index in [4.69, 9.17) is 21.1 Å². The van der Waals surface area contributed by atoms with Crippen LogP contribution >= 0.6 is 11.6 Å². The molecule has 0 radical (unpaired) electrons. The molecule has 0 fully saturated rings. The van der Waals surface area contributed by atoms with Crippen molar-refractivity contribution >= 4 is 34.9 Å².